The zero-order valence-electron chi connectivity index (χ0n) is 63.2. The van der Waals surface area contributed by atoms with Gasteiger partial charge in [0.2, 0.25) is 0 Å². The molecule has 4 aromatic rings. The van der Waals surface area contributed by atoms with E-state index in [1.165, 1.54) is 122 Å². The molecule has 5 unspecified atom stereocenters. The lowest BCUT2D eigenvalue weighted by atomic mass is 9.70. The van der Waals surface area contributed by atoms with Crippen molar-refractivity contribution in [1.82, 2.24) is 0 Å². The highest BCUT2D eigenvalue weighted by atomic mass is 16.6. The highest BCUT2D eigenvalue weighted by Crippen LogP contribution is 2.46. The fourth-order valence-electron chi connectivity index (χ4n) is 14.2. The number of esters is 4. The van der Waals surface area contributed by atoms with Crippen molar-refractivity contribution in [2.75, 3.05) is 26.4 Å². The SMILES string of the molecule is CCCCCCCCCCCCCCCCC(C)CC(C(=O)O)C(C(=O)OCC(C)(C)COC(=O)C(C#N)=C(c1ccccc1)c1ccccc1)[C@@H](CCCCCCCCCCCCCCCC)CC(C(=O)OCC(C)(C)COC(=O)C(C#N)=C1c2ccccc2-c2ccccc21)C(C)C(=O)O. The Hall–Kier alpha value is -7.84. The summed E-state index contributed by atoms with van der Waals surface area (Å²) in [4.78, 5) is 85.8. The van der Waals surface area contributed by atoms with Crippen molar-refractivity contribution in [3.8, 4) is 23.3 Å². The first-order chi connectivity index (χ1) is 49.2. The smallest absolute Gasteiger partial charge is 0.349 e. The summed E-state index contributed by atoms with van der Waals surface area (Å²) in [5.74, 6) is -12.2. The Morgan fingerprint density at radius 1 is 0.412 bits per heavy atom. The van der Waals surface area contributed by atoms with E-state index in [1.54, 1.807) is 27.7 Å². The standard InChI is InChI=1S/C88H122N2O12/c1-9-11-13-15-17-19-21-23-25-27-29-31-33-37-47-65(3)57-75(82(93)94)79(86(98)102-64-88(7,8)63-100-84(96)76(59-89)78(67-48-39-35-40-49-67)68-50-41-36-42-51-68)69(52-38-34-32-30-28-26-24-22-20-18-16-14-12-10-2)58-74(66(4)81(91)92)83(95)99-61-87(5,6)62-101-85(97)77(60-90)80-72-55-45-43-53-70(72)71-54-44-46-56-73(71)80/h35-36,39-46,48-51,53-56,65-66,69,74-75,79H,9-34,37-38,47,52,57-58,61-64H2,1-8H3,(H,91,92)(H,93,94)/t65?,66?,69-,74?,75?,79?/m0/s1. The third kappa shape index (κ3) is 29.1. The molecule has 0 saturated heterocycles. The van der Waals surface area contributed by atoms with Crippen LogP contribution in [0, 0.1) is 69.0 Å². The Labute approximate surface area is 611 Å². The van der Waals surface area contributed by atoms with Gasteiger partial charge in [-0.05, 0) is 64.5 Å². The first-order valence-corrected chi connectivity index (χ1v) is 38.9. The van der Waals surface area contributed by atoms with E-state index in [1.807, 2.05) is 116 Å². The van der Waals surface area contributed by atoms with Crippen molar-refractivity contribution in [3.05, 3.63) is 143 Å². The molecule has 6 atom stereocenters. The van der Waals surface area contributed by atoms with Crippen LogP contribution in [0.3, 0.4) is 0 Å². The third-order valence-corrected chi connectivity index (χ3v) is 20.4. The summed E-state index contributed by atoms with van der Waals surface area (Å²) in [6.07, 6.45) is 33.3. The molecule has 0 spiro atoms. The normalized spacial score (nSPS) is 13.6. The average Bonchev–Trinajstić information content (AvgIpc) is 1.60. The van der Waals surface area contributed by atoms with Gasteiger partial charge in [-0.2, -0.15) is 10.5 Å². The van der Waals surface area contributed by atoms with E-state index in [0.29, 0.717) is 28.7 Å². The maximum Gasteiger partial charge on any atom is 0.349 e. The van der Waals surface area contributed by atoms with Crippen LogP contribution < -0.4 is 0 Å². The first kappa shape index (κ1) is 84.8. The van der Waals surface area contributed by atoms with Crippen LogP contribution in [0.5, 0.6) is 0 Å². The average molecular weight is 1400 g/mol. The molecule has 0 heterocycles. The molecular formula is C88H122N2O12. The van der Waals surface area contributed by atoms with Crippen LogP contribution in [0.2, 0.25) is 0 Å². The largest absolute Gasteiger partial charge is 0.481 e. The van der Waals surface area contributed by atoms with Crippen LogP contribution in [-0.4, -0.2) is 72.5 Å². The van der Waals surface area contributed by atoms with E-state index in [4.69, 9.17) is 18.9 Å². The lowest BCUT2D eigenvalue weighted by Gasteiger charge is -2.35. The lowest BCUT2D eigenvalue weighted by Crippen LogP contribution is -2.42. The van der Waals surface area contributed by atoms with Crippen LogP contribution in [0.25, 0.3) is 22.3 Å². The molecule has 4 aromatic carbocycles. The molecule has 0 saturated carbocycles. The molecule has 5 rings (SSSR count). The van der Waals surface area contributed by atoms with Crippen LogP contribution in [0.15, 0.2) is 120 Å². The van der Waals surface area contributed by atoms with Crippen LogP contribution >= 0.6 is 0 Å². The second-order valence-electron chi connectivity index (χ2n) is 30.6. The van der Waals surface area contributed by atoms with Gasteiger partial charge < -0.3 is 29.2 Å². The molecule has 2 N–H and O–H groups in total. The van der Waals surface area contributed by atoms with E-state index in [0.717, 1.165) is 86.5 Å². The van der Waals surface area contributed by atoms with E-state index < -0.39 is 76.2 Å². The van der Waals surface area contributed by atoms with Crippen LogP contribution in [0.1, 0.15) is 283 Å². The van der Waals surface area contributed by atoms with Gasteiger partial charge >= 0.3 is 35.8 Å². The molecule has 14 nitrogen and oxygen atoms in total. The molecule has 0 radical (unpaired) electrons. The minimum absolute atomic E-state index is 0.123. The minimum atomic E-state index is -1.36. The highest BCUT2D eigenvalue weighted by Gasteiger charge is 2.45. The van der Waals surface area contributed by atoms with Crippen molar-refractivity contribution in [3.63, 3.8) is 0 Å². The van der Waals surface area contributed by atoms with E-state index in [9.17, 15) is 44.7 Å². The molecule has 102 heavy (non-hydrogen) atoms. The number of nitriles is 2. The van der Waals surface area contributed by atoms with Gasteiger partial charge in [0, 0.05) is 22.0 Å². The quantitative estimate of drug-likeness (QED) is 0.0121. The fourth-order valence-corrected chi connectivity index (χ4v) is 14.2. The number of ether oxygens (including phenoxy) is 4. The van der Waals surface area contributed by atoms with Crippen LogP contribution in [0.4, 0.5) is 0 Å². The summed E-state index contributed by atoms with van der Waals surface area (Å²) in [5, 5.41) is 43.3. The molecule has 0 aliphatic heterocycles. The number of rotatable bonds is 53. The monoisotopic (exact) mass is 1400 g/mol. The maximum atomic E-state index is 15.5. The van der Waals surface area contributed by atoms with Crippen molar-refractivity contribution in [2.24, 2.45) is 46.3 Å². The number of hydrogen-bond donors (Lipinski definition) is 2. The summed E-state index contributed by atoms with van der Waals surface area (Å²) >= 11 is 0. The number of carboxylic acid groups (broad SMARTS) is 2. The van der Waals surface area contributed by atoms with Gasteiger partial charge in [-0.15, -0.1) is 0 Å². The second-order valence-corrected chi connectivity index (χ2v) is 30.6. The maximum absolute atomic E-state index is 15.5. The number of unbranched alkanes of at least 4 members (excludes halogenated alkanes) is 26. The Balaban J connectivity index is 1.41. The van der Waals surface area contributed by atoms with Crippen molar-refractivity contribution in [1.29, 1.82) is 10.5 Å². The molecule has 556 valence electrons. The number of hydrogen-bond acceptors (Lipinski definition) is 12. The van der Waals surface area contributed by atoms with Crippen molar-refractivity contribution in [2.45, 2.75) is 261 Å². The van der Waals surface area contributed by atoms with Gasteiger partial charge in [-0.25, -0.2) is 9.59 Å². The van der Waals surface area contributed by atoms with E-state index in [2.05, 4.69) is 26.0 Å². The molecule has 0 fully saturated rings. The van der Waals surface area contributed by atoms with Crippen LogP contribution in [-0.2, 0) is 47.7 Å². The molecular weight excluding hydrogens is 1280 g/mol. The van der Waals surface area contributed by atoms with Crippen molar-refractivity contribution >= 4 is 47.0 Å². The van der Waals surface area contributed by atoms with Gasteiger partial charge in [0.1, 0.15) is 36.5 Å². The summed E-state index contributed by atoms with van der Waals surface area (Å²) in [7, 11) is 0. The predicted molar refractivity (Wildman–Crippen MR) is 406 cm³/mol. The van der Waals surface area contributed by atoms with Gasteiger partial charge in [-0.1, -0.05) is 351 Å². The summed E-state index contributed by atoms with van der Waals surface area (Å²) < 4.78 is 24.1. The molecule has 14 heteroatoms. The highest BCUT2D eigenvalue weighted by molar-refractivity contribution is 6.12. The van der Waals surface area contributed by atoms with Gasteiger partial charge in [0.25, 0.3) is 0 Å². The van der Waals surface area contributed by atoms with Gasteiger partial charge in [0.15, 0.2) is 0 Å². The first-order valence-electron chi connectivity index (χ1n) is 38.9. The minimum Gasteiger partial charge on any atom is -0.481 e. The predicted octanol–water partition coefficient (Wildman–Crippen LogP) is 21.7. The molecule has 0 amide bonds. The topological polar surface area (TPSA) is 227 Å². The summed E-state index contributed by atoms with van der Waals surface area (Å²) in [6.45, 7) is 13.6. The lowest BCUT2D eigenvalue weighted by molar-refractivity contribution is -0.168. The number of fused-ring (bicyclic) bond motifs is 3. The molecule has 1 aliphatic carbocycles. The molecule has 1 aliphatic rings. The summed E-state index contributed by atoms with van der Waals surface area (Å²) in [6, 6.07) is 37.4. The third-order valence-electron chi connectivity index (χ3n) is 20.4. The number of aliphatic carboxylic acids is 2. The van der Waals surface area contributed by atoms with E-state index >= 15 is 4.79 Å². The zero-order chi connectivity index (χ0) is 74.1. The fraction of sp³-hybridized carbons (Fsp3) is 0.591. The zero-order valence-corrected chi connectivity index (χ0v) is 63.2. The van der Waals surface area contributed by atoms with Gasteiger partial charge in [-0.3, -0.25) is 19.2 Å². The molecule has 0 bridgehead atoms. The number of carbonyl (C=O) groups excluding carboxylic acids is 4. The van der Waals surface area contributed by atoms with Crippen molar-refractivity contribution < 1.29 is 57.9 Å². The number of carboxylic acids is 2. The number of carbonyl (C=O) groups is 6. The number of nitrogens with zero attached hydrogens (tertiary/aromatic N) is 2. The number of benzene rings is 4. The Morgan fingerprint density at radius 3 is 1.17 bits per heavy atom. The Morgan fingerprint density at radius 2 is 0.775 bits per heavy atom. The van der Waals surface area contributed by atoms with E-state index in [-0.39, 0.29) is 62.8 Å². The van der Waals surface area contributed by atoms with Gasteiger partial charge in [0.05, 0.1) is 36.9 Å². The Kier molecular flexibility index (Phi) is 38.8. The summed E-state index contributed by atoms with van der Waals surface area (Å²) in [5.41, 5.74) is 2.86. The molecule has 0 aromatic heterocycles. The second kappa shape index (κ2) is 46.7. The Bertz CT molecular complexity index is 3260.